The highest BCUT2D eigenvalue weighted by Gasteiger charge is 2.23. The van der Waals surface area contributed by atoms with Crippen LogP contribution in [0.5, 0.6) is 11.5 Å². The van der Waals surface area contributed by atoms with Crippen molar-refractivity contribution in [3.63, 3.8) is 0 Å². The van der Waals surface area contributed by atoms with Crippen LogP contribution in [0.3, 0.4) is 0 Å². The number of carbonyl (C=O) groups is 2. The molecule has 1 aliphatic heterocycles. The minimum absolute atomic E-state index is 0.0838. The third-order valence-electron chi connectivity index (χ3n) is 8.03. The number of carbonyl (C=O) groups excluding carboxylic acids is 1. The molecule has 4 aromatic carbocycles. The summed E-state index contributed by atoms with van der Waals surface area (Å²) < 4.78 is 11.7. The zero-order chi connectivity index (χ0) is 33.6. The molecule has 1 saturated heterocycles. The van der Waals surface area contributed by atoms with Crippen molar-refractivity contribution in [2.24, 2.45) is 0 Å². The van der Waals surface area contributed by atoms with Crippen molar-refractivity contribution in [1.82, 2.24) is 9.80 Å². The van der Waals surface area contributed by atoms with Gasteiger partial charge in [0.15, 0.2) is 0 Å². The molecule has 1 N–H and O–H groups in total. The van der Waals surface area contributed by atoms with Crippen LogP contribution in [0.1, 0.15) is 49.2 Å². The summed E-state index contributed by atoms with van der Waals surface area (Å²) in [6.07, 6.45) is -0.391. The smallest absolute Gasteiger partial charge is 0.410 e. The Labute approximate surface area is 282 Å². The quantitative estimate of drug-likeness (QED) is 0.183. The van der Waals surface area contributed by atoms with Crippen molar-refractivity contribution in [3.05, 3.63) is 113 Å². The number of piperazine rings is 1. The molecule has 5 rings (SSSR count). The lowest BCUT2D eigenvalue weighted by Gasteiger charge is -2.36. The third-order valence-corrected chi connectivity index (χ3v) is 8.28. The molecule has 1 fully saturated rings. The number of ether oxygens (including phenoxy) is 2. The van der Waals surface area contributed by atoms with Crippen LogP contribution in [0.25, 0.3) is 11.1 Å². The molecular weight excluding hydrogens is 614 g/mol. The van der Waals surface area contributed by atoms with Gasteiger partial charge in [-0.1, -0.05) is 60.1 Å². The van der Waals surface area contributed by atoms with Gasteiger partial charge in [0.2, 0.25) is 0 Å². The van der Waals surface area contributed by atoms with Crippen LogP contribution in [0.15, 0.2) is 91.0 Å². The van der Waals surface area contributed by atoms with Crippen LogP contribution in [0.4, 0.5) is 10.5 Å². The zero-order valence-electron chi connectivity index (χ0n) is 27.4. The number of aromatic carboxylic acids is 1. The standard InChI is InChI=1S/C38H42ClN3O5/c1-5-41(37(45)47-38(2,3)4)25-27-9-8-11-32(23-27)46-35-24-31(17-18-34(35)36(43)44)42-21-19-40(20-22-42)26-29-10-6-7-12-33(29)28-13-15-30(39)16-14-28/h6-18,23-24H,5,19-22,25-26H2,1-4H3,(H,43,44). The van der Waals surface area contributed by atoms with Gasteiger partial charge < -0.3 is 24.4 Å². The van der Waals surface area contributed by atoms with Gasteiger partial charge in [0.25, 0.3) is 0 Å². The Morgan fingerprint density at radius 3 is 2.30 bits per heavy atom. The maximum Gasteiger partial charge on any atom is 0.410 e. The Morgan fingerprint density at radius 2 is 1.62 bits per heavy atom. The van der Waals surface area contributed by atoms with E-state index in [1.165, 1.54) is 11.1 Å². The first-order chi connectivity index (χ1) is 22.5. The number of carboxylic acids is 1. The molecule has 47 heavy (non-hydrogen) atoms. The number of benzene rings is 4. The van der Waals surface area contributed by atoms with Gasteiger partial charge in [-0.2, -0.15) is 0 Å². The lowest BCUT2D eigenvalue weighted by Crippen LogP contribution is -2.46. The largest absolute Gasteiger partial charge is 0.478 e. The van der Waals surface area contributed by atoms with Gasteiger partial charge in [-0.15, -0.1) is 0 Å². The number of anilines is 1. The van der Waals surface area contributed by atoms with E-state index >= 15 is 0 Å². The molecule has 1 amide bonds. The van der Waals surface area contributed by atoms with Crippen molar-refractivity contribution >= 4 is 29.4 Å². The summed E-state index contributed by atoms with van der Waals surface area (Å²) in [6, 6.07) is 29.0. The summed E-state index contributed by atoms with van der Waals surface area (Å²) in [5.74, 6) is -0.300. The average molecular weight is 656 g/mol. The number of hydrogen-bond donors (Lipinski definition) is 1. The number of carboxylic acid groups (broad SMARTS) is 1. The summed E-state index contributed by atoms with van der Waals surface area (Å²) in [6.45, 7) is 12.4. The summed E-state index contributed by atoms with van der Waals surface area (Å²) in [7, 11) is 0. The third kappa shape index (κ3) is 9.05. The molecule has 0 radical (unpaired) electrons. The fourth-order valence-corrected chi connectivity index (χ4v) is 5.76. The van der Waals surface area contributed by atoms with Gasteiger partial charge in [-0.05, 0) is 86.3 Å². The Hall–Kier alpha value is -4.53. The highest BCUT2D eigenvalue weighted by molar-refractivity contribution is 6.30. The molecular formula is C38H42ClN3O5. The molecule has 0 aromatic heterocycles. The fourth-order valence-electron chi connectivity index (χ4n) is 5.63. The fraction of sp³-hybridized carbons (Fsp3) is 0.316. The highest BCUT2D eigenvalue weighted by atomic mass is 35.5. The maximum absolute atomic E-state index is 12.7. The number of amides is 1. The first-order valence-corrected chi connectivity index (χ1v) is 16.3. The lowest BCUT2D eigenvalue weighted by atomic mass is 9.99. The molecule has 0 saturated carbocycles. The Kier molecular flexibility index (Phi) is 10.7. The molecule has 8 nitrogen and oxygen atoms in total. The van der Waals surface area contributed by atoms with Crippen LogP contribution in [0, 0.1) is 0 Å². The number of halogens is 1. The van der Waals surface area contributed by atoms with Gasteiger partial charge >= 0.3 is 12.1 Å². The predicted octanol–water partition coefficient (Wildman–Crippen LogP) is 8.58. The lowest BCUT2D eigenvalue weighted by molar-refractivity contribution is 0.0244. The van der Waals surface area contributed by atoms with E-state index in [4.69, 9.17) is 21.1 Å². The van der Waals surface area contributed by atoms with E-state index in [2.05, 4.69) is 46.2 Å². The molecule has 0 atom stereocenters. The number of rotatable bonds is 10. The van der Waals surface area contributed by atoms with E-state index in [-0.39, 0.29) is 11.3 Å². The second-order valence-electron chi connectivity index (χ2n) is 12.7. The van der Waals surface area contributed by atoms with E-state index in [9.17, 15) is 14.7 Å². The van der Waals surface area contributed by atoms with Crippen LogP contribution in [0.2, 0.25) is 5.02 Å². The molecule has 1 heterocycles. The monoisotopic (exact) mass is 655 g/mol. The van der Waals surface area contributed by atoms with Crippen LogP contribution >= 0.6 is 11.6 Å². The van der Waals surface area contributed by atoms with E-state index in [1.54, 1.807) is 23.1 Å². The van der Waals surface area contributed by atoms with Crippen molar-refractivity contribution in [2.75, 3.05) is 37.6 Å². The zero-order valence-corrected chi connectivity index (χ0v) is 28.2. The summed E-state index contributed by atoms with van der Waals surface area (Å²) >= 11 is 6.12. The van der Waals surface area contributed by atoms with Gasteiger partial charge in [0, 0.05) is 62.6 Å². The predicted molar refractivity (Wildman–Crippen MR) is 187 cm³/mol. The van der Waals surface area contributed by atoms with Gasteiger partial charge in [-0.3, -0.25) is 4.90 Å². The first kappa shape index (κ1) is 33.8. The Bertz CT molecular complexity index is 1690. The van der Waals surface area contributed by atoms with Gasteiger partial charge in [0.1, 0.15) is 22.7 Å². The summed E-state index contributed by atoms with van der Waals surface area (Å²) in [5.41, 5.74) is 4.85. The molecule has 0 spiro atoms. The molecule has 9 heteroatoms. The average Bonchev–Trinajstić information content (AvgIpc) is 3.04. The van der Waals surface area contributed by atoms with Crippen LogP contribution in [-0.2, 0) is 17.8 Å². The maximum atomic E-state index is 12.7. The Balaban J connectivity index is 1.26. The van der Waals surface area contributed by atoms with Crippen LogP contribution in [-0.4, -0.2) is 65.3 Å². The minimum Gasteiger partial charge on any atom is -0.478 e. The Morgan fingerprint density at radius 1 is 0.894 bits per heavy atom. The van der Waals surface area contributed by atoms with E-state index in [0.717, 1.165) is 54.6 Å². The second kappa shape index (κ2) is 14.9. The summed E-state index contributed by atoms with van der Waals surface area (Å²) in [4.78, 5) is 31.1. The van der Waals surface area contributed by atoms with Gasteiger partial charge in [0.05, 0.1) is 0 Å². The summed E-state index contributed by atoms with van der Waals surface area (Å²) in [5, 5.41) is 10.7. The van der Waals surface area contributed by atoms with Crippen molar-refractivity contribution in [1.29, 1.82) is 0 Å². The molecule has 0 aliphatic carbocycles. The molecule has 0 bridgehead atoms. The SMILES string of the molecule is CCN(Cc1cccc(Oc2cc(N3CCN(Cc4ccccc4-c4ccc(Cl)cc4)CC3)ccc2C(=O)O)c1)C(=O)OC(C)(C)C. The van der Waals surface area contributed by atoms with E-state index in [1.807, 2.05) is 64.1 Å². The molecule has 1 aliphatic rings. The molecule has 4 aromatic rings. The van der Waals surface area contributed by atoms with Crippen molar-refractivity contribution in [3.8, 4) is 22.6 Å². The van der Waals surface area contributed by atoms with Crippen molar-refractivity contribution < 1.29 is 24.2 Å². The normalized spacial score (nSPS) is 13.7. The van der Waals surface area contributed by atoms with E-state index in [0.29, 0.717) is 18.8 Å². The van der Waals surface area contributed by atoms with E-state index < -0.39 is 17.7 Å². The van der Waals surface area contributed by atoms with Gasteiger partial charge in [-0.25, -0.2) is 9.59 Å². The minimum atomic E-state index is -1.06. The van der Waals surface area contributed by atoms with Crippen LogP contribution < -0.4 is 9.64 Å². The van der Waals surface area contributed by atoms with Crippen molar-refractivity contribution in [2.45, 2.75) is 46.4 Å². The number of hydrogen-bond acceptors (Lipinski definition) is 6. The first-order valence-electron chi connectivity index (χ1n) is 15.9. The topological polar surface area (TPSA) is 82.5 Å². The highest BCUT2D eigenvalue weighted by Crippen LogP contribution is 2.32. The molecule has 246 valence electrons. The number of nitrogens with zero attached hydrogens (tertiary/aromatic N) is 3. The molecule has 0 unspecified atom stereocenters. The second-order valence-corrected chi connectivity index (χ2v) is 13.1.